The summed E-state index contributed by atoms with van der Waals surface area (Å²) >= 11 is 0. The van der Waals surface area contributed by atoms with E-state index in [9.17, 15) is 14.7 Å². The van der Waals surface area contributed by atoms with Crippen LogP contribution in [0.25, 0.3) is 21.9 Å². The molecule has 4 aliphatic carbocycles. The van der Waals surface area contributed by atoms with Gasteiger partial charge in [0, 0.05) is 24.3 Å². The van der Waals surface area contributed by atoms with Gasteiger partial charge in [-0.25, -0.2) is 9.97 Å². The van der Waals surface area contributed by atoms with Gasteiger partial charge in [-0.3, -0.25) is 19.4 Å². The zero-order valence-electron chi connectivity index (χ0n) is 19.3. The molecule has 2 amide bonds. The van der Waals surface area contributed by atoms with E-state index in [0.717, 1.165) is 54.8 Å². The molecule has 9 rings (SSSR count). The molecule has 6 bridgehead atoms. The Bertz CT molecular complexity index is 1380. The maximum absolute atomic E-state index is 13.1. The van der Waals surface area contributed by atoms with Gasteiger partial charge in [-0.15, -0.1) is 0 Å². The molecule has 3 aromatic rings. The van der Waals surface area contributed by atoms with Gasteiger partial charge in [0.15, 0.2) is 5.65 Å². The smallest absolute Gasteiger partial charge is 0.315 e. The van der Waals surface area contributed by atoms with E-state index in [4.69, 9.17) is 4.74 Å². The van der Waals surface area contributed by atoms with Crippen molar-refractivity contribution in [2.75, 3.05) is 18.5 Å². The summed E-state index contributed by atoms with van der Waals surface area (Å²) in [5.74, 6) is 0.657. The molecule has 3 unspecified atom stereocenters. The van der Waals surface area contributed by atoms with Gasteiger partial charge >= 0.3 is 11.8 Å². The average molecular weight is 477 g/mol. The van der Waals surface area contributed by atoms with Crippen LogP contribution in [0.2, 0.25) is 0 Å². The van der Waals surface area contributed by atoms with Crippen molar-refractivity contribution in [3.05, 3.63) is 18.5 Å². The van der Waals surface area contributed by atoms with Gasteiger partial charge in [0.2, 0.25) is 0 Å². The Balaban J connectivity index is 1.19. The molecule has 182 valence electrons. The van der Waals surface area contributed by atoms with Crippen LogP contribution >= 0.6 is 0 Å². The number of amides is 2. The minimum absolute atomic E-state index is 0.0147. The molecule has 7 atom stereocenters. The van der Waals surface area contributed by atoms with E-state index in [2.05, 4.69) is 25.1 Å². The zero-order chi connectivity index (χ0) is 23.5. The fourth-order valence-corrected chi connectivity index (χ4v) is 8.27. The van der Waals surface area contributed by atoms with Crippen LogP contribution in [-0.4, -0.2) is 72.5 Å². The molecule has 2 saturated heterocycles. The fourth-order valence-electron chi connectivity index (χ4n) is 8.27. The van der Waals surface area contributed by atoms with Crippen LogP contribution < -0.4 is 5.32 Å². The summed E-state index contributed by atoms with van der Waals surface area (Å²) in [6.45, 7) is 0.970. The molecule has 10 nitrogen and oxygen atoms in total. The van der Waals surface area contributed by atoms with Crippen LogP contribution in [0, 0.1) is 17.8 Å². The molecule has 35 heavy (non-hydrogen) atoms. The number of hydrogen-bond acceptors (Lipinski definition) is 6. The lowest BCUT2D eigenvalue weighted by Crippen LogP contribution is -2.55. The van der Waals surface area contributed by atoms with Crippen LogP contribution in [0.5, 0.6) is 0 Å². The largest absolute Gasteiger partial charge is 0.390 e. The highest BCUT2D eigenvalue weighted by Crippen LogP contribution is 2.60. The van der Waals surface area contributed by atoms with Gasteiger partial charge in [-0.05, 0) is 62.3 Å². The molecular formula is C25H28N6O4. The fraction of sp³-hybridized carbons (Fsp3) is 0.600. The highest BCUT2D eigenvalue weighted by Gasteiger charge is 2.55. The summed E-state index contributed by atoms with van der Waals surface area (Å²) < 4.78 is 7.76. The maximum atomic E-state index is 13.1. The lowest BCUT2D eigenvalue weighted by Gasteiger charge is -2.58. The van der Waals surface area contributed by atoms with E-state index in [1.807, 2.05) is 6.07 Å². The number of fused-ring (bicyclic) bond motifs is 5. The molecule has 0 radical (unpaired) electrons. The van der Waals surface area contributed by atoms with Gasteiger partial charge in [0.05, 0.1) is 41.3 Å². The summed E-state index contributed by atoms with van der Waals surface area (Å²) in [6, 6.07) is 2.14. The Hall–Kier alpha value is -2.98. The minimum atomic E-state index is -0.645. The second-order valence-corrected chi connectivity index (χ2v) is 11.5. The predicted molar refractivity (Wildman–Crippen MR) is 125 cm³/mol. The molecule has 4 saturated carbocycles. The van der Waals surface area contributed by atoms with E-state index < -0.39 is 17.4 Å². The highest BCUT2D eigenvalue weighted by atomic mass is 16.5. The number of carbonyl (C=O) groups is 2. The van der Waals surface area contributed by atoms with Crippen molar-refractivity contribution in [2.24, 2.45) is 17.8 Å². The molecule has 5 heterocycles. The first kappa shape index (κ1) is 20.2. The maximum Gasteiger partial charge on any atom is 0.315 e. The lowest BCUT2D eigenvalue weighted by molar-refractivity contribution is -0.148. The topological polar surface area (TPSA) is 125 Å². The van der Waals surface area contributed by atoms with Gasteiger partial charge in [-0.2, -0.15) is 0 Å². The quantitative estimate of drug-likeness (QED) is 0.486. The average Bonchev–Trinajstić information content (AvgIpc) is 3.60. The number of nitrogens with zero attached hydrogens (tertiary/aromatic N) is 4. The first-order chi connectivity index (χ1) is 17.0. The number of rotatable bonds is 2. The van der Waals surface area contributed by atoms with E-state index in [-0.39, 0.29) is 18.2 Å². The van der Waals surface area contributed by atoms with Crippen molar-refractivity contribution in [3.8, 4) is 0 Å². The Morgan fingerprint density at radius 3 is 2.69 bits per heavy atom. The third-order valence-corrected chi connectivity index (χ3v) is 9.33. The first-order valence-electron chi connectivity index (χ1n) is 12.8. The summed E-state index contributed by atoms with van der Waals surface area (Å²) in [6.07, 6.45) is 9.10. The molecule has 10 heteroatoms. The molecule has 3 aromatic heterocycles. The number of ether oxygens (including phenoxy) is 1. The second-order valence-electron chi connectivity index (χ2n) is 11.5. The number of nitrogens with one attached hydrogen (secondary N) is 2. The van der Waals surface area contributed by atoms with Crippen LogP contribution in [0.15, 0.2) is 18.5 Å². The zero-order valence-corrected chi connectivity index (χ0v) is 19.3. The number of morpholine rings is 1. The van der Waals surface area contributed by atoms with Crippen molar-refractivity contribution in [3.63, 3.8) is 0 Å². The number of aromatic amines is 1. The Morgan fingerprint density at radius 1 is 1.14 bits per heavy atom. The number of likely N-dealkylation sites (tertiary alicyclic amines) is 1. The standard InChI is InChI=1S/C25H28N6O4/c32-23(24(33)30-10-16-5-15(30)11-35-16)28-22-18-9-27-21-17(1-2-26-21)20(18)31(29-22)19-13-3-12-4-14(19)8-25(34,6-12)7-13/h1-2,9,12-16,19,29,34H,3-8,10-11H2,(H,28,32)/t12?,13-,14+,15-,16-,19?,25?/m0/s1. The molecule has 2 aliphatic heterocycles. The Kier molecular flexibility index (Phi) is 3.94. The van der Waals surface area contributed by atoms with Crippen molar-refractivity contribution >= 4 is 39.6 Å². The van der Waals surface area contributed by atoms with Crippen LogP contribution in [0.1, 0.15) is 44.6 Å². The summed E-state index contributed by atoms with van der Waals surface area (Å²) in [5.41, 5.74) is 1.08. The molecule has 0 aromatic carbocycles. The van der Waals surface area contributed by atoms with Gasteiger partial charge in [-0.1, -0.05) is 0 Å². The summed E-state index contributed by atoms with van der Waals surface area (Å²) in [5, 5.41) is 19.1. The molecule has 6 fully saturated rings. The molecule has 6 aliphatic rings. The minimum Gasteiger partial charge on any atom is -0.390 e. The number of aliphatic hydroxyl groups is 1. The molecule has 0 spiro atoms. The lowest BCUT2D eigenvalue weighted by atomic mass is 9.52. The van der Waals surface area contributed by atoms with E-state index in [1.165, 1.54) is 0 Å². The highest BCUT2D eigenvalue weighted by molar-refractivity contribution is 6.40. The molecule has 3 N–H and O–H groups in total. The van der Waals surface area contributed by atoms with Gasteiger partial charge in [0.25, 0.3) is 0 Å². The number of carbonyl (C=O) groups excluding carboxylic acids is 2. The van der Waals surface area contributed by atoms with E-state index in [0.29, 0.717) is 42.4 Å². The van der Waals surface area contributed by atoms with Crippen LogP contribution in [-0.2, 0) is 14.3 Å². The van der Waals surface area contributed by atoms with Gasteiger partial charge < -0.3 is 20.1 Å². The number of pyridine rings is 1. The number of H-pyrrole nitrogens is 1. The number of aromatic nitrogens is 4. The van der Waals surface area contributed by atoms with Crippen LogP contribution in [0.3, 0.4) is 0 Å². The van der Waals surface area contributed by atoms with Crippen molar-refractivity contribution < 1.29 is 19.4 Å². The monoisotopic (exact) mass is 476 g/mol. The van der Waals surface area contributed by atoms with E-state index >= 15 is 0 Å². The number of hydrogen-bond donors (Lipinski definition) is 3. The Morgan fingerprint density at radius 2 is 1.97 bits per heavy atom. The van der Waals surface area contributed by atoms with E-state index in [1.54, 1.807) is 17.3 Å². The SMILES string of the molecule is O=C(Nc1[nH]n(C2[C@@H]3CC4C[C@H]2CC(O)(C4)C3)c2c1cnc1nccc12)C(=O)N1C[C@@H]2C[C@H]1CO2. The van der Waals surface area contributed by atoms with Crippen molar-refractivity contribution in [1.82, 2.24) is 24.6 Å². The van der Waals surface area contributed by atoms with Crippen LogP contribution in [0.4, 0.5) is 5.82 Å². The number of anilines is 1. The summed E-state index contributed by atoms with van der Waals surface area (Å²) in [4.78, 5) is 36.6. The predicted octanol–water partition coefficient (Wildman–Crippen LogP) is 1.96. The first-order valence-corrected chi connectivity index (χ1v) is 12.8. The van der Waals surface area contributed by atoms with Crippen molar-refractivity contribution in [2.45, 2.75) is 62.3 Å². The third kappa shape index (κ3) is 2.83. The molecular weight excluding hydrogens is 448 g/mol. The van der Waals surface area contributed by atoms with Gasteiger partial charge in [0.1, 0.15) is 5.82 Å². The Labute approximate surface area is 201 Å². The van der Waals surface area contributed by atoms with Crippen molar-refractivity contribution in [1.29, 1.82) is 0 Å². The normalized spacial score (nSPS) is 37.1. The third-order valence-electron chi connectivity index (χ3n) is 9.33. The summed E-state index contributed by atoms with van der Waals surface area (Å²) in [7, 11) is 0. The second kappa shape index (κ2) is 6.82.